The molecule has 2 rings (SSSR count). The van der Waals surface area contributed by atoms with Gasteiger partial charge in [0.25, 0.3) is 0 Å². The number of sulfonamides is 1. The lowest BCUT2D eigenvalue weighted by Gasteiger charge is -2.16. The van der Waals surface area contributed by atoms with Gasteiger partial charge in [-0.1, -0.05) is 6.07 Å². The molecule has 106 valence electrons. The van der Waals surface area contributed by atoms with E-state index in [9.17, 15) is 8.42 Å². The fourth-order valence-electron chi connectivity index (χ4n) is 2.34. The summed E-state index contributed by atoms with van der Waals surface area (Å²) in [6.45, 7) is 0. The first kappa shape index (κ1) is 14.3. The van der Waals surface area contributed by atoms with Gasteiger partial charge in [-0.25, -0.2) is 12.7 Å². The van der Waals surface area contributed by atoms with Crippen LogP contribution < -0.4 is 11.1 Å². The molecule has 19 heavy (non-hydrogen) atoms. The topological polar surface area (TPSA) is 75.4 Å². The van der Waals surface area contributed by atoms with Crippen molar-refractivity contribution >= 4 is 15.7 Å². The number of nitrogens with two attached hydrogens (primary N) is 1. The second-order valence-electron chi connectivity index (χ2n) is 5.23. The molecule has 2 atom stereocenters. The average Bonchev–Trinajstić information content (AvgIpc) is 2.75. The van der Waals surface area contributed by atoms with Crippen molar-refractivity contribution in [3.8, 4) is 0 Å². The molecule has 0 amide bonds. The molecular formula is C13H21N3O2S. The van der Waals surface area contributed by atoms with Crippen LogP contribution in [0.2, 0.25) is 0 Å². The summed E-state index contributed by atoms with van der Waals surface area (Å²) in [6.07, 6.45) is 2.99. The van der Waals surface area contributed by atoms with Crippen LogP contribution in [0.25, 0.3) is 0 Å². The van der Waals surface area contributed by atoms with Gasteiger partial charge in [0, 0.05) is 31.9 Å². The molecule has 1 fully saturated rings. The third-order valence-electron chi connectivity index (χ3n) is 3.46. The third kappa shape index (κ3) is 3.26. The van der Waals surface area contributed by atoms with Crippen LogP contribution in [0.3, 0.4) is 0 Å². The van der Waals surface area contributed by atoms with E-state index in [0.29, 0.717) is 10.9 Å². The van der Waals surface area contributed by atoms with E-state index < -0.39 is 10.0 Å². The van der Waals surface area contributed by atoms with Crippen molar-refractivity contribution in [2.75, 3.05) is 19.4 Å². The first-order chi connectivity index (χ1) is 8.89. The summed E-state index contributed by atoms with van der Waals surface area (Å²) >= 11 is 0. The van der Waals surface area contributed by atoms with Gasteiger partial charge in [-0.05, 0) is 37.5 Å². The van der Waals surface area contributed by atoms with Crippen LogP contribution >= 0.6 is 0 Å². The fraction of sp³-hybridized carbons (Fsp3) is 0.538. The highest BCUT2D eigenvalue weighted by atomic mass is 32.2. The lowest BCUT2D eigenvalue weighted by molar-refractivity contribution is 0.521. The molecular weight excluding hydrogens is 262 g/mol. The predicted molar refractivity (Wildman–Crippen MR) is 76.6 cm³/mol. The summed E-state index contributed by atoms with van der Waals surface area (Å²) in [7, 11) is -0.309. The van der Waals surface area contributed by atoms with Gasteiger partial charge in [-0.2, -0.15) is 0 Å². The van der Waals surface area contributed by atoms with Gasteiger partial charge in [-0.15, -0.1) is 0 Å². The van der Waals surface area contributed by atoms with Gasteiger partial charge in [0.15, 0.2) is 0 Å². The Labute approximate surface area is 114 Å². The first-order valence-electron chi connectivity index (χ1n) is 6.44. The molecule has 1 aromatic rings. The fourth-order valence-corrected chi connectivity index (χ4v) is 3.29. The van der Waals surface area contributed by atoms with Crippen LogP contribution in [-0.4, -0.2) is 38.9 Å². The van der Waals surface area contributed by atoms with E-state index in [4.69, 9.17) is 5.73 Å². The quantitative estimate of drug-likeness (QED) is 0.871. The minimum absolute atomic E-state index is 0.256. The number of benzene rings is 1. The molecule has 5 nitrogen and oxygen atoms in total. The molecule has 2 unspecified atom stereocenters. The number of hydrogen-bond acceptors (Lipinski definition) is 4. The normalized spacial score (nSPS) is 23.8. The van der Waals surface area contributed by atoms with E-state index in [1.165, 1.54) is 18.4 Å². The lowest BCUT2D eigenvalue weighted by atomic mass is 10.2. The largest absolute Gasteiger partial charge is 0.382 e. The van der Waals surface area contributed by atoms with Crippen molar-refractivity contribution in [3.63, 3.8) is 0 Å². The maximum Gasteiger partial charge on any atom is 0.242 e. The van der Waals surface area contributed by atoms with Crippen molar-refractivity contribution in [2.45, 2.75) is 36.2 Å². The van der Waals surface area contributed by atoms with Gasteiger partial charge in [0.1, 0.15) is 0 Å². The molecule has 0 heterocycles. The Balaban J connectivity index is 2.16. The van der Waals surface area contributed by atoms with Crippen molar-refractivity contribution in [2.24, 2.45) is 5.73 Å². The molecule has 1 aromatic carbocycles. The number of hydrogen-bond donors (Lipinski definition) is 2. The molecule has 0 aromatic heterocycles. The summed E-state index contributed by atoms with van der Waals surface area (Å²) in [6, 6.07) is 7.53. The molecule has 1 aliphatic rings. The van der Waals surface area contributed by atoms with Crippen LogP contribution in [0.15, 0.2) is 29.2 Å². The molecule has 6 heteroatoms. The highest BCUT2D eigenvalue weighted by Gasteiger charge is 2.22. The number of anilines is 1. The molecule has 1 aliphatic carbocycles. The highest BCUT2D eigenvalue weighted by molar-refractivity contribution is 7.89. The number of rotatable bonds is 4. The second kappa shape index (κ2) is 5.48. The van der Waals surface area contributed by atoms with Crippen LogP contribution in [0, 0.1) is 0 Å². The zero-order valence-corrected chi connectivity index (χ0v) is 12.2. The summed E-state index contributed by atoms with van der Waals surface area (Å²) in [5.74, 6) is 0. The van der Waals surface area contributed by atoms with E-state index in [0.717, 1.165) is 24.9 Å². The summed E-state index contributed by atoms with van der Waals surface area (Å²) in [5.41, 5.74) is 6.71. The number of nitrogens with one attached hydrogen (secondary N) is 1. The molecule has 0 radical (unpaired) electrons. The summed E-state index contributed by atoms with van der Waals surface area (Å²) < 4.78 is 25.3. The van der Waals surface area contributed by atoms with E-state index >= 15 is 0 Å². The van der Waals surface area contributed by atoms with E-state index in [1.54, 1.807) is 18.2 Å². The summed E-state index contributed by atoms with van der Waals surface area (Å²) in [5, 5.41) is 3.36. The maximum atomic E-state index is 12.1. The molecule has 3 N–H and O–H groups in total. The first-order valence-corrected chi connectivity index (χ1v) is 7.88. The zero-order chi connectivity index (χ0) is 14.0. The van der Waals surface area contributed by atoms with Crippen molar-refractivity contribution in [1.29, 1.82) is 0 Å². The molecule has 0 spiro atoms. The lowest BCUT2D eigenvalue weighted by Crippen LogP contribution is -2.23. The van der Waals surface area contributed by atoms with Crippen molar-refractivity contribution in [3.05, 3.63) is 24.3 Å². The Morgan fingerprint density at radius 3 is 2.63 bits per heavy atom. The Morgan fingerprint density at radius 2 is 2.05 bits per heavy atom. The smallest absolute Gasteiger partial charge is 0.242 e. The monoisotopic (exact) mass is 283 g/mol. The minimum Gasteiger partial charge on any atom is -0.382 e. The molecule has 0 aliphatic heterocycles. The van der Waals surface area contributed by atoms with E-state index in [-0.39, 0.29) is 6.04 Å². The standard InChI is InChI=1S/C13H21N3O2S/c1-16(2)19(17,18)13-5-3-4-11(9-13)15-12-7-6-10(14)8-12/h3-5,9-10,12,15H,6-8,14H2,1-2H3. The molecule has 0 bridgehead atoms. The maximum absolute atomic E-state index is 12.1. The van der Waals surface area contributed by atoms with Crippen LogP contribution in [-0.2, 0) is 10.0 Å². The van der Waals surface area contributed by atoms with Crippen LogP contribution in [0.1, 0.15) is 19.3 Å². The second-order valence-corrected chi connectivity index (χ2v) is 7.38. The molecule has 1 saturated carbocycles. The van der Waals surface area contributed by atoms with Gasteiger partial charge < -0.3 is 11.1 Å². The SMILES string of the molecule is CN(C)S(=O)(=O)c1cccc(NC2CCC(N)C2)c1. The van der Waals surface area contributed by atoms with Crippen molar-refractivity contribution < 1.29 is 8.42 Å². The predicted octanol–water partition coefficient (Wildman–Crippen LogP) is 1.23. The molecule has 0 saturated heterocycles. The third-order valence-corrected chi connectivity index (χ3v) is 5.27. The van der Waals surface area contributed by atoms with Crippen molar-refractivity contribution in [1.82, 2.24) is 4.31 Å². The number of nitrogens with zero attached hydrogens (tertiary/aromatic N) is 1. The Morgan fingerprint density at radius 1 is 1.32 bits per heavy atom. The Hall–Kier alpha value is -1.11. The van der Waals surface area contributed by atoms with Gasteiger partial charge in [0.2, 0.25) is 10.0 Å². The van der Waals surface area contributed by atoms with E-state index in [2.05, 4.69) is 5.32 Å². The Kier molecular flexibility index (Phi) is 4.13. The van der Waals surface area contributed by atoms with Crippen LogP contribution in [0.4, 0.5) is 5.69 Å². The van der Waals surface area contributed by atoms with E-state index in [1.807, 2.05) is 6.07 Å². The zero-order valence-electron chi connectivity index (χ0n) is 11.3. The minimum atomic E-state index is -3.38. The van der Waals surface area contributed by atoms with Crippen LogP contribution in [0.5, 0.6) is 0 Å². The highest BCUT2D eigenvalue weighted by Crippen LogP contribution is 2.24. The Bertz CT molecular complexity index is 543. The van der Waals surface area contributed by atoms with Gasteiger partial charge in [-0.3, -0.25) is 0 Å². The van der Waals surface area contributed by atoms with Gasteiger partial charge in [0.05, 0.1) is 4.90 Å². The summed E-state index contributed by atoms with van der Waals surface area (Å²) in [4.78, 5) is 0.310. The van der Waals surface area contributed by atoms with Gasteiger partial charge >= 0.3 is 0 Å². The average molecular weight is 283 g/mol.